The van der Waals surface area contributed by atoms with Gasteiger partial charge in [0.15, 0.2) is 0 Å². The molecule has 23 heavy (non-hydrogen) atoms. The summed E-state index contributed by atoms with van der Waals surface area (Å²) in [6, 6.07) is 18.9. The number of nitrogens with one attached hydrogen (secondary N) is 1. The highest BCUT2D eigenvalue weighted by atomic mass is 15.4. The number of hydrogen-bond acceptors (Lipinski definition) is 3. The van der Waals surface area contributed by atoms with Gasteiger partial charge in [-0.25, -0.2) is 0 Å². The molecular weight excluding hydrogens is 282 g/mol. The Morgan fingerprint density at radius 3 is 2.57 bits per heavy atom. The summed E-state index contributed by atoms with van der Waals surface area (Å²) < 4.78 is 0. The maximum atomic E-state index is 4.33. The maximum absolute atomic E-state index is 4.33. The van der Waals surface area contributed by atoms with Crippen molar-refractivity contribution in [3.63, 3.8) is 0 Å². The van der Waals surface area contributed by atoms with Crippen LogP contribution in [-0.2, 0) is 0 Å². The summed E-state index contributed by atoms with van der Waals surface area (Å²) in [5.74, 6) is 0. The van der Waals surface area contributed by atoms with Crippen LogP contribution in [0.3, 0.4) is 0 Å². The molecule has 2 aromatic rings. The Morgan fingerprint density at radius 2 is 1.83 bits per heavy atom. The van der Waals surface area contributed by atoms with Crippen LogP contribution < -0.4 is 5.32 Å². The summed E-state index contributed by atoms with van der Waals surface area (Å²) in [4.78, 5) is 0. The van der Waals surface area contributed by atoms with Gasteiger partial charge in [0.25, 0.3) is 0 Å². The molecule has 2 aromatic carbocycles. The number of para-hydroxylation sites is 1. The molecule has 0 saturated heterocycles. The average Bonchev–Trinajstić information content (AvgIpc) is 2.62. The van der Waals surface area contributed by atoms with E-state index in [2.05, 4.69) is 72.5 Å². The fraction of sp³-hybridized carbons (Fsp3) is 0.250. The molecule has 0 fully saturated rings. The van der Waals surface area contributed by atoms with Crippen molar-refractivity contribution in [2.75, 3.05) is 18.4 Å². The van der Waals surface area contributed by atoms with Crippen molar-refractivity contribution in [1.29, 1.82) is 0 Å². The minimum Gasteiger partial charge on any atom is -0.384 e. The molecule has 1 N–H and O–H groups in total. The van der Waals surface area contributed by atoms with Crippen molar-refractivity contribution in [2.45, 2.75) is 19.8 Å². The standard InChI is InChI=1S/C20H25N3/c1-3-15-22-23(4-2)17-10-16-21-20-14-9-8-13-19(20)18-11-6-5-7-12-18/h4-9,11-15,21H,2-3,10,16-17H2,1H3/b22-15-. The van der Waals surface area contributed by atoms with E-state index in [-0.39, 0.29) is 0 Å². The van der Waals surface area contributed by atoms with E-state index >= 15 is 0 Å². The molecule has 0 heterocycles. The van der Waals surface area contributed by atoms with Crippen molar-refractivity contribution in [3.05, 3.63) is 67.4 Å². The van der Waals surface area contributed by atoms with E-state index in [1.807, 2.05) is 17.3 Å². The topological polar surface area (TPSA) is 27.6 Å². The number of hydrazone groups is 1. The van der Waals surface area contributed by atoms with Crippen molar-refractivity contribution in [3.8, 4) is 11.1 Å². The van der Waals surface area contributed by atoms with Gasteiger partial charge in [0.05, 0.1) is 0 Å². The van der Waals surface area contributed by atoms with Gasteiger partial charge in [-0.3, -0.25) is 5.01 Å². The summed E-state index contributed by atoms with van der Waals surface area (Å²) in [5, 5.41) is 9.75. The first kappa shape index (κ1) is 16.8. The van der Waals surface area contributed by atoms with Gasteiger partial charge in [-0.15, -0.1) is 0 Å². The molecule has 0 aliphatic carbocycles. The third-order valence-electron chi connectivity index (χ3n) is 3.51. The first-order valence-corrected chi connectivity index (χ1v) is 8.15. The summed E-state index contributed by atoms with van der Waals surface area (Å²) in [6.07, 6.45) is 5.60. The van der Waals surface area contributed by atoms with Crippen LogP contribution in [0.5, 0.6) is 0 Å². The van der Waals surface area contributed by atoms with Crippen LogP contribution in [0.2, 0.25) is 0 Å². The fourth-order valence-electron chi connectivity index (χ4n) is 2.35. The molecular formula is C20H25N3. The van der Waals surface area contributed by atoms with Crippen LogP contribution in [0.1, 0.15) is 19.8 Å². The van der Waals surface area contributed by atoms with E-state index in [9.17, 15) is 0 Å². The molecule has 0 aromatic heterocycles. The minimum absolute atomic E-state index is 0.862. The quantitative estimate of drug-likeness (QED) is 0.401. The lowest BCUT2D eigenvalue weighted by Crippen LogP contribution is -2.15. The molecule has 0 atom stereocenters. The molecule has 0 aliphatic heterocycles. The number of rotatable bonds is 9. The molecule has 0 bridgehead atoms. The van der Waals surface area contributed by atoms with Gasteiger partial charge < -0.3 is 5.32 Å². The van der Waals surface area contributed by atoms with Crippen molar-refractivity contribution in [1.82, 2.24) is 5.01 Å². The molecule has 0 aliphatic rings. The molecule has 0 unspecified atom stereocenters. The lowest BCUT2D eigenvalue weighted by Gasteiger charge is -2.15. The average molecular weight is 307 g/mol. The van der Waals surface area contributed by atoms with Gasteiger partial charge in [0.1, 0.15) is 0 Å². The zero-order chi connectivity index (χ0) is 16.3. The minimum atomic E-state index is 0.862. The van der Waals surface area contributed by atoms with Crippen LogP contribution in [0.4, 0.5) is 5.69 Å². The highest BCUT2D eigenvalue weighted by molar-refractivity contribution is 5.77. The zero-order valence-corrected chi connectivity index (χ0v) is 13.8. The Morgan fingerprint density at radius 1 is 1.09 bits per heavy atom. The molecule has 2 rings (SSSR count). The largest absolute Gasteiger partial charge is 0.384 e. The molecule has 3 nitrogen and oxygen atoms in total. The van der Waals surface area contributed by atoms with E-state index in [0.29, 0.717) is 0 Å². The second kappa shape index (κ2) is 9.46. The fourth-order valence-corrected chi connectivity index (χ4v) is 2.35. The second-order valence-corrected chi connectivity index (χ2v) is 5.24. The Kier molecular flexibility index (Phi) is 6.92. The smallest absolute Gasteiger partial charge is 0.0425 e. The van der Waals surface area contributed by atoms with Crippen LogP contribution in [0, 0.1) is 0 Å². The van der Waals surface area contributed by atoms with E-state index < -0.39 is 0 Å². The number of nitrogens with zero attached hydrogens (tertiary/aromatic N) is 2. The molecule has 0 radical (unpaired) electrons. The normalized spacial score (nSPS) is 10.7. The maximum Gasteiger partial charge on any atom is 0.0425 e. The Labute approximate surface area is 139 Å². The molecule has 0 spiro atoms. The van der Waals surface area contributed by atoms with Crippen LogP contribution in [-0.4, -0.2) is 24.3 Å². The van der Waals surface area contributed by atoms with E-state index in [1.165, 1.54) is 16.8 Å². The first-order valence-electron chi connectivity index (χ1n) is 8.15. The van der Waals surface area contributed by atoms with Gasteiger partial charge in [0.2, 0.25) is 0 Å². The van der Waals surface area contributed by atoms with Gasteiger partial charge in [-0.1, -0.05) is 62.0 Å². The lowest BCUT2D eigenvalue weighted by molar-refractivity contribution is 0.398. The van der Waals surface area contributed by atoms with Crippen LogP contribution in [0.25, 0.3) is 11.1 Å². The third-order valence-corrected chi connectivity index (χ3v) is 3.51. The summed E-state index contributed by atoms with van der Waals surface area (Å²) >= 11 is 0. The van der Waals surface area contributed by atoms with Crippen LogP contribution >= 0.6 is 0 Å². The molecule has 0 amide bonds. The van der Waals surface area contributed by atoms with Gasteiger partial charge in [-0.2, -0.15) is 5.10 Å². The monoisotopic (exact) mass is 307 g/mol. The van der Waals surface area contributed by atoms with E-state index in [0.717, 1.165) is 25.9 Å². The Hall–Kier alpha value is -2.55. The van der Waals surface area contributed by atoms with Gasteiger partial charge in [-0.05, 0) is 24.5 Å². The van der Waals surface area contributed by atoms with Crippen LogP contribution in [0.15, 0.2) is 72.5 Å². The predicted molar refractivity (Wildman–Crippen MR) is 101 cm³/mol. The molecule has 0 saturated carbocycles. The molecule has 120 valence electrons. The number of benzene rings is 2. The Balaban J connectivity index is 1.92. The van der Waals surface area contributed by atoms with Gasteiger partial charge in [0, 0.05) is 36.8 Å². The predicted octanol–water partition coefficient (Wildman–Crippen LogP) is 5.00. The third kappa shape index (κ3) is 5.29. The highest BCUT2D eigenvalue weighted by Gasteiger charge is 2.03. The number of hydrogen-bond donors (Lipinski definition) is 1. The van der Waals surface area contributed by atoms with E-state index in [1.54, 1.807) is 6.20 Å². The second-order valence-electron chi connectivity index (χ2n) is 5.24. The zero-order valence-electron chi connectivity index (χ0n) is 13.8. The van der Waals surface area contributed by atoms with Crippen molar-refractivity contribution in [2.24, 2.45) is 5.10 Å². The SMILES string of the molecule is C=CN(CCCNc1ccccc1-c1ccccc1)/N=C\CC. The molecule has 3 heteroatoms. The summed E-state index contributed by atoms with van der Waals surface area (Å²) in [6.45, 7) is 7.63. The number of anilines is 1. The summed E-state index contributed by atoms with van der Waals surface area (Å²) in [5.41, 5.74) is 3.63. The van der Waals surface area contributed by atoms with Crippen molar-refractivity contribution < 1.29 is 0 Å². The van der Waals surface area contributed by atoms with Gasteiger partial charge >= 0.3 is 0 Å². The van der Waals surface area contributed by atoms with Crippen molar-refractivity contribution >= 4 is 11.9 Å². The summed E-state index contributed by atoms with van der Waals surface area (Å²) in [7, 11) is 0. The lowest BCUT2D eigenvalue weighted by atomic mass is 10.0. The highest BCUT2D eigenvalue weighted by Crippen LogP contribution is 2.27. The first-order chi connectivity index (χ1) is 11.3. The van der Waals surface area contributed by atoms with E-state index in [4.69, 9.17) is 0 Å². The Bertz CT molecular complexity index is 620.